The second-order valence-corrected chi connectivity index (χ2v) is 16.7. The maximum Gasteiger partial charge on any atom is 0.312 e. The van der Waals surface area contributed by atoms with Crippen molar-refractivity contribution in [2.24, 2.45) is 22.2 Å². The lowest BCUT2D eigenvalue weighted by molar-refractivity contribution is -0.164. The van der Waals surface area contributed by atoms with Gasteiger partial charge in [-0.1, -0.05) is 111 Å². The molecular weight excluding hydrogens is 554 g/mol. The molecule has 248 valence electrons. The first-order chi connectivity index (χ1) is 21.1. The fourth-order valence-corrected chi connectivity index (χ4v) is 7.59. The van der Waals surface area contributed by atoms with Crippen LogP contribution in [-0.4, -0.2) is 24.8 Å². The van der Waals surface area contributed by atoms with Gasteiger partial charge in [0.25, 0.3) is 0 Å². The number of rotatable bonds is 13. The summed E-state index contributed by atoms with van der Waals surface area (Å²) in [5.74, 6) is 1.39. The van der Waals surface area contributed by atoms with E-state index in [1.165, 1.54) is 11.3 Å². The third-order valence-corrected chi connectivity index (χ3v) is 10.8. The number of fused-ring (bicyclic) bond motifs is 2. The summed E-state index contributed by atoms with van der Waals surface area (Å²) >= 11 is 0. The molecule has 2 aromatic carbocycles. The highest BCUT2D eigenvalue weighted by Crippen LogP contribution is 2.55. The van der Waals surface area contributed by atoms with Crippen LogP contribution < -0.4 is 9.64 Å². The Morgan fingerprint density at radius 2 is 1.58 bits per heavy atom. The molecule has 2 aromatic rings. The van der Waals surface area contributed by atoms with E-state index in [9.17, 15) is 4.79 Å². The van der Waals surface area contributed by atoms with Crippen LogP contribution in [0.5, 0.6) is 5.75 Å². The van der Waals surface area contributed by atoms with E-state index in [1.807, 2.05) is 0 Å². The minimum absolute atomic E-state index is 0.0231. The summed E-state index contributed by atoms with van der Waals surface area (Å²) in [6.45, 7) is 24.0. The average Bonchev–Trinajstić information content (AvgIpc) is 3.13. The summed E-state index contributed by atoms with van der Waals surface area (Å²) in [6, 6.07) is 17.2. The molecule has 1 spiro atoms. The van der Waals surface area contributed by atoms with Crippen molar-refractivity contribution in [3.8, 4) is 5.75 Å². The molecule has 0 saturated heterocycles. The molecule has 4 rings (SSSR count). The lowest BCUT2D eigenvalue weighted by Gasteiger charge is -2.47. The molecule has 0 radical (unpaired) electrons. The van der Waals surface area contributed by atoms with Gasteiger partial charge in [-0.2, -0.15) is 0 Å². The minimum atomic E-state index is -0.563. The summed E-state index contributed by atoms with van der Waals surface area (Å²) in [4.78, 5) is 16.1. The van der Waals surface area contributed by atoms with Crippen molar-refractivity contribution < 1.29 is 14.3 Å². The van der Waals surface area contributed by atoms with Gasteiger partial charge < -0.3 is 14.4 Å². The van der Waals surface area contributed by atoms with E-state index in [2.05, 4.69) is 135 Å². The zero-order valence-electron chi connectivity index (χ0n) is 30.1. The van der Waals surface area contributed by atoms with Crippen LogP contribution in [0, 0.1) is 22.2 Å². The molecule has 0 aromatic heterocycles. The standard InChI is InChI=1S/C41H61NO3/c1-11-12-28-44-36(43)40(10,38(5,6)7)30-31(29-37(2,3)4)20-14-13-19-27-42-34-23-17-16-22-33(34)39(8,9)41(42)26-25-32-21-15-18-24-35(32)45-41/h15-18,21-26,31H,11-14,19-20,27-30H2,1-10H3. The molecule has 45 heavy (non-hydrogen) atoms. The van der Waals surface area contributed by atoms with Gasteiger partial charge in [-0.15, -0.1) is 0 Å². The summed E-state index contributed by atoms with van der Waals surface area (Å²) in [5, 5.41) is 0. The van der Waals surface area contributed by atoms with E-state index in [4.69, 9.17) is 9.47 Å². The molecule has 3 unspecified atom stereocenters. The number of carbonyl (C=O) groups excluding carboxylic acids is 1. The van der Waals surface area contributed by atoms with Gasteiger partial charge in [-0.05, 0) is 93.1 Å². The molecular formula is C41H61NO3. The van der Waals surface area contributed by atoms with Gasteiger partial charge in [0.2, 0.25) is 5.72 Å². The van der Waals surface area contributed by atoms with Crippen LogP contribution in [0.1, 0.15) is 132 Å². The highest BCUT2D eigenvalue weighted by Gasteiger charge is 2.58. The van der Waals surface area contributed by atoms with Crippen molar-refractivity contribution in [3.63, 3.8) is 0 Å². The first-order valence-electron chi connectivity index (χ1n) is 17.6. The molecule has 3 atom stereocenters. The summed E-state index contributed by atoms with van der Waals surface area (Å²) < 4.78 is 12.8. The van der Waals surface area contributed by atoms with Gasteiger partial charge in [0, 0.05) is 17.8 Å². The van der Waals surface area contributed by atoms with Crippen LogP contribution in [0.15, 0.2) is 54.6 Å². The van der Waals surface area contributed by atoms with Gasteiger partial charge in [0.15, 0.2) is 0 Å². The molecule has 2 aliphatic rings. The molecule has 4 heteroatoms. The second-order valence-electron chi connectivity index (χ2n) is 16.7. The zero-order valence-corrected chi connectivity index (χ0v) is 30.1. The zero-order chi connectivity index (χ0) is 33.1. The molecule has 0 bridgehead atoms. The molecule has 4 nitrogen and oxygen atoms in total. The lowest BCUT2D eigenvalue weighted by atomic mass is 9.62. The van der Waals surface area contributed by atoms with Gasteiger partial charge in [0.1, 0.15) is 5.75 Å². The fourth-order valence-electron chi connectivity index (χ4n) is 7.59. The Kier molecular flexibility index (Phi) is 10.6. The topological polar surface area (TPSA) is 38.8 Å². The monoisotopic (exact) mass is 615 g/mol. The average molecular weight is 616 g/mol. The predicted molar refractivity (Wildman–Crippen MR) is 190 cm³/mol. The number of carbonyl (C=O) groups is 1. The predicted octanol–water partition coefficient (Wildman–Crippen LogP) is 11.0. The van der Waals surface area contributed by atoms with Crippen molar-refractivity contribution in [1.82, 2.24) is 0 Å². The number of ether oxygens (including phenoxy) is 2. The van der Waals surface area contributed by atoms with E-state index in [1.54, 1.807) is 0 Å². The molecule has 0 saturated carbocycles. The number of anilines is 1. The third kappa shape index (κ3) is 7.31. The highest BCUT2D eigenvalue weighted by atomic mass is 16.5. The number of unbranched alkanes of at least 4 members (excludes halogenated alkanes) is 3. The van der Waals surface area contributed by atoms with Crippen molar-refractivity contribution >= 4 is 17.7 Å². The van der Waals surface area contributed by atoms with Crippen molar-refractivity contribution in [1.29, 1.82) is 0 Å². The second kappa shape index (κ2) is 13.5. The van der Waals surface area contributed by atoms with Gasteiger partial charge in [0.05, 0.1) is 17.4 Å². The van der Waals surface area contributed by atoms with Crippen LogP contribution in [0.25, 0.3) is 6.08 Å². The van der Waals surface area contributed by atoms with E-state index in [0.717, 1.165) is 69.2 Å². The van der Waals surface area contributed by atoms with E-state index in [-0.39, 0.29) is 22.2 Å². The first kappa shape index (κ1) is 35.1. The van der Waals surface area contributed by atoms with E-state index < -0.39 is 11.1 Å². The molecule has 2 aliphatic heterocycles. The van der Waals surface area contributed by atoms with Gasteiger partial charge in [-0.3, -0.25) is 4.79 Å². The number of esters is 1. The highest BCUT2D eigenvalue weighted by molar-refractivity contribution is 5.77. The summed E-state index contributed by atoms with van der Waals surface area (Å²) in [7, 11) is 0. The van der Waals surface area contributed by atoms with Crippen LogP contribution >= 0.6 is 0 Å². The number of hydrogen-bond acceptors (Lipinski definition) is 4. The van der Waals surface area contributed by atoms with Crippen LogP contribution in [-0.2, 0) is 14.9 Å². The molecule has 0 amide bonds. The maximum atomic E-state index is 13.5. The number of nitrogens with zero attached hydrogens (tertiary/aromatic N) is 1. The third-order valence-electron chi connectivity index (χ3n) is 10.8. The van der Waals surface area contributed by atoms with Gasteiger partial charge in [-0.25, -0.2) is 0 Å². The SMILES string of the molecule is CCCCOC(=O)C(C)(CC(CCCCCN1c2ccccc2C(C)(C)C12C=Cc1ccccc1O2)CC(C)(C)C)C(C)(C)C. The van der Waals surface area contributed by atoms with Crippen molar-refractivity contribution in [2.45, 2.75) is 132 Å². The number of para-hydroxylation sites is 2. The smallest absolute Gasteiger partial charge is 0.312 e. The largest absolute Gasteiger partial charge is 0.465 e. The van der Waals surface area contributed by atoms with Crippen LogP contribution in [0.4, 0.5) is 5.69 Å². The molecule has 0 N–H and O–H groups in total. The molecule has 0 aliphatic carbocycles. The Labute approximate surface area is 275 Å². The van der Waals surface area contributed by atoms with Crippen LogP contribution in [0.3, 0.4) is 0 Å². The molecule has 0 fully saturated rings. The Balaban J connectivity index is 1.46. The minimum Gasteiger partial charge on any atom is -0.465 e. The normalized spacial score (nSPS) is 20.7. The Bertz CT molecular complexity index is 1330. The fraction of sp³-hybridized carbons (Fsp3) is 0.634. The van der Waals surface area contributed by atoms with Crippen molar-refractivity contribution in [3.05, 3.63) is 65.7 Å². The molecule has 2 heterocycles. The van der Waals surface area contributed by atoms with Gasteiger partial charge >= 0.3 is 5.97 Å². The Hall–Kier alpha value is -2.75. The van der Waals surface area contributed by atoms with Crippen molar-refractivity contribution in [2.75, 3.05) is 18.1 Å². The lowest BCUT2D eigenvalue weighted by Crippen LogP contribution is -2.59. The van der Waals surface area contributed by atoms with E-state index in [0.29, 0.717) is 12.5 Å². The maximum absolute atomic E-state index is 13.5. The summed E-state index contributed by atoms with van der Waals surface area (Å²) in [5.41, 5.74) is 2.48. The van der Waals surface area contributed by atoms with E-state index >= 15 is 0 Å². The quantitative estimate of drug-likeness (QED) is 0.166. The first-order valence-corrected chi connectivity index (χ1v) is 17.6. The summed E-state index contributed by atoms with van der Waals surface area (Å²) in [6.07, 6.45) is 13.0. The number of hydrogen-bond donors (Lipinski definition) is 0. The Morgan fingerprint density at radius 3 is 2.27 bits per heavy atom. The van der Waals surface area contributed by atoms with Crippen LogP contribution in [0.2, 0.25) is 0 Å². The Morgan fingerprint density at radius 1 is 0.889 bits per heavy atom. The number of benzene rings is 2.